The van der Waals surface area contributed by atoms with Crippen molar-refractivity contribution in [3.05, 3.63) is 88.1 Å². The Bertz CT molecular complexity index is 1410. The molecule has 182 valence electrons. The number of hydrogen-bond donors (Lipinski definition) is 3. The van der Waals surface area contributed by atoms with Gasteiger partial charge in [-0.3, -0.25) is 20.4 Å². The summed E-state index contributed by atoms with van der Waals surface area (Å²) in [6.45, 7) is 3.56. The van der Waals surface area contributed by atoms with E-state index in [2.05, 4.69) is 20.8 Å². The number of sulfonamides is 1. The second-order valence-corrected chi connectivity index (χ2v) is 9.75. The molecule has 1 aliphatic rings. The second kappa shape index (κ2) is 9.71. The van der Waals surface area contributed by atoms with Crippen molar-refractivity contribution in [3.8, 4) is 0 Å². The number of hydrogen-bond acceptors (Lipinski definition) is 6. The fourth-order valence-corrected chi connectivity index (χ4v) is 4.56. The van der Waals surface area contributed by atoms with E-state index in [0.29, 0.717) is 47.4 Å². The zero-order valence-corrected chi connectivity index (χ0v) is 19.8. The molecule has 1 heterocycles. The molecule has 3 N–H and O–H groups in total. The average molecular weight is 499 g/mol. The van der Waals surface area contributed by atoms with Gasteiger partial charge in [-0.05, 0) is 63.1 Å². The third-order valence-electron chi connectivity index (χ3n) is 5.56. The van der Waals surface area contributed by atoms with Crippen LogP contribution in [0.25, 0.3) is 0 Å². The maximum atomic E-state index is 13.1. The number of carbonyl (C=O) groups is 2. The van der Waals surface area contributed by atoms with Gasteiger partial charge in [-0.2, -0.15) is 18.4 Å². The van der Waals surface area contributed by atoms with Crippen LogP contribution < -0.4 is 15.7 Å². The number of nitrogens with one attached hydrogen (secondary N) is 3. The lowest BCUT2D eigenvalue weighted by Gasteiger charge is -2.14. The van der Waals surface area contributed by atoms with Gasteiger partial charge in [-0.25, -0.2) is 4.39 Å². The number of hydrazine groups is 1. The Labute approximate surface area is 201 Å². The molecular formula is C24H23FN4O5S. The fourth-order valence-electron chi connectivity index (χ4n) is 3.73. The van der Waals surface area contributed by atoms with Crippen LogP contribution in [0.5, 0.6) is 0 Å². The number of amides is 2. The molecule has 1 aliphatic carbocycles. The Balaban J connectivity index is 1.50. The number of nitrogens with zero attached hydrogens (tertiary/aromatic N) is 1. The Hall–Kier alpha value is -3.99. The summed E-state index contributed by atoms with van der Waals surface area (Å²) in [5, 5.41) is 4.07. The minimum atomic E-state index is -4.01. The average Bonchev–Trinajstić information content (AvgIpc) is 3.19. The maximum Gasteiger partial charge on any atom is 0.305 e. The topological polar surface area (TPSA) is 130 Å². The summed E-state index contributed by atoms with van der Waals surface area (Å²) in [5.41, 5.74) is 7.52. The summed E-state index contributed by atoms with van der Waals surface area (Å²) in [6, 6.07) is 11.2. The number of rotatable bonds is 5. The molecule has 0 fully saturated rings. The highest BCUT2D eigenvalue weighted by Gasteiger charge is 2.28. The monoisotopic (exact) mass is 498 g/mol. The van der Waals surface area contributed by atoms with Gasteiger partial charge in [-0.15, -0.1) is 0 Å². The molecule has 4 rings (SSSR count). The highest BCUT2D eigenvalue weighted by molar-refractivity contribution is 7.89. The zero-order chi connectivity index (χ0) is 25.2. The van der Waals surface area contributed by atoms with Gasteiger partial charge in [0, 0.05) is 23.1 Å². The molecule has 0 atom stereocenters. The Morgan fingerprint density at radius 3 is 2.29 bits per heavy atom. The van der Waals surface area contributed by atoms with E-state index in [-0.39, 0.29) is 10.7 Å². The summed E-state index contributed by atoms with van der Waals surface area (Å²) in [5.74, 6) is -1.19. The van der Waals surface area contributed by atoms with E-state index in [9.17, 15) is 22.4 Å². The molecule has 0 saturated carbocycles. The molecule has 0 unspecified atom stereocenters. The summed E-state index contributed by atoms with van der Waals surface area (Å²) >= 11 is 0. The largest absolute Gasteiger partial charge is 0.455 e. The van der Waals surface area contributed by atoms with Crippen molar-refractivity contribution in [2.45, 2.75) is 38.0 Å². The fraction of sp³-hybridized carbons (Fsp3) is 0.208. The SMILES string of the molecule is Cc1ccc(C(=O)NNC(=O)c2oc3c(c2C)/C(=N/NS(=O)(=O)c2ccc(F)cc2)CCC3)cc1. The molecule has 11 heteroatoms. The smallest absolute Gasteiger partial charge is 0.305 e. The third kappa shape index (κ3) is 5.24. The van der Waals surface area contributed by atoms with Gasteiger partial charge in [0.1, 0.15) is 11.6 Å². The summed E-state index contributed by atoms with van der Waals surface area (Å²) < 4.78 is 43.9. The van der Waals surface area contributed by atoms with Crippen molar-refractivity contribution in [1.82, 2.24) is 15.7 Å². The van der Waals surface area contributed by atoms with Crippen LogP contribution >= 0.6 is 0 Å². The van der Waals surface area contributed by atoms with Gasteiger partial charge in [0.05, 0.1) is 10.6 Å². The molecular weight excluding hydrogens is 475 g/mol. The first-order valence-corrected chi connectivity index (χ1v) is 12.3. The van der Waals surface area contributed by atoms with Crippen molar-refractivity contribution in [2.24, 2.45) is 5.10 Å². The Morgan fingerprint density at radius 2 is 1.60 bits per heavy atom. The predicted octanol–water partition coefficient (Wildman–Crippen LogP) is 3.13. The lowest BCUT2D eigenvalue weighted by molar-refractivity contribution is 0.0829. The van der Waals surface area contributed by atoms with E-state index in [1.54, 1.807) is 31.2 Å². The van der Waals surface area contributed by atoms with Crippen molar-refractivity contribution in [3.63, 3.8) is 0 Å². The first kappa shape index (κ1) is 24.1. The first-order valence-electron chi connectivity index (χ1n) is 10.8. The zero-order valence-electron chi connectivity index (χ0n) is 19.0. The van der Waals surface area contributed by atoms with Crippen LogP contribution in [0, 0.1) is 19.7 Å². The van der Waals surface area contributed by atoms with Gasteiger partial charge in [0.15, 0.2) is 5.76 Å². The molecule has 9 nitrogen and oxygen atoms in total. The van der Waals surface area contributed by atoms with Crippen LogP contribution in [0.4, 0.5) is 4.39 Å². The van der Waals surface area contributed by atoms with Gasteiger partial charge < -0.3 is 4.42 Å². The summed E-state index contributed by atoms with van der Waals surface area (Å²) in [7, 11) is -4.01. The number of carbonyl (C=O) groups excluding carboxylic acids is 2. The van der Waals surface area contributed by atoms with Gasteiger partial charge in [0.25, 0.3) is 15.9 Å². The molecule has 0 bridgehead atoms. The molecule has 35 heavy (non-hydrogen) atoms. The van der Waals surface area contributed by atoms with Gasteiger partial charge in [-0.1, -0.05) is 17.7 Å². The molecule has 0 radical (unpaired) electrons. The highest BCUT2D eigenvalue weighted by Crippen LogP contribution is 2.30. The lowest BCUT2D eigenvalue weighted by Crippen LogP contribution is -2.41. The van der Waals surface area contributed by atoms with E-state index in [0.717, 1.165) is 29.8 Å². The van der Waals surface area contributed by atoms with Gasteiger partial charge >= 0.3 is 5.91 Å². The highest BCUT2D eigenvalue weighted by atomic mass is 32.2. The molecule has 3 aromatic rings. The summed E-state index contributed by atoms with van der Waals surface area (Å²) in [4.78, 5) is 27.0. The van der Waals surface area contributed by atoms with E-state index in [1.165, 1.54) is 0 Å². The van der Waals surface area contributed by atoms with Crippen molar-refractivity contribution < 1.29 is 26.8 Å². The Morgan fingerprint density at radius 1 is 0.943 bits per heavy atom. The van der Waals surface area contributed by atoms with Crippen LogP contribution in [0.2, 0.25) is 0 Å². The van der Waals surface area contributed by atoms with Crippen LogP contribution in [-0.2, 0) is 16.4 Å². The normalized spacial score (nSPS) is 14.3. The minimum Gasteiger partial charge on any atom is -0.455 e. The maximum absolute atomic E-state index is 13.1. The van der Waals surface area contributed by atoms with Gasteiger partial charge in [0.2, 0.25) is 0 Å². The number of halogens is 1. The number of benzene rings is 2. The molecule has 0 saturated heterocycles. The summed E-state index contributed by atoms with van der Waals surface area (Å²) in [6.07, 6.45) is 1.65. The van der Waals surface area contributed by atoms with E-state index in [1.807, 2.05) is 6.92 Å². The van der Waals surface area contributed by atoms with E-state index < -0.39 is 27.7 Å². The number of fused-ring (bicyclic) bond motifs is 1. The minimum absolute atomic E-state index is 0.00445. The van der Waals surface area contributed by atoms with E-state index >= 15 is 0 Å². The molecule has 1 aromatic heterocycles. The van der Waals surface area contributed by atoms with Crippen LogP contribution in [0.15, 0.2) is 62.9 Å². The second-order valence-electron chi connectivity index (χ2n) is 8.09. The molecule has 2 amide bonds. The molecule has 0 aliphatic heterocycles. The van der Waals surface area contributed by atoms with Crippen LogP contribution in [-0.4, -0.2) is 25.9 Å². The number of aryl methyl sites for hydroxylation is 2. The van der Waals surface area contributed by atoms with Crippen molar-refractivity contribution in [1.29, 1.82) is 0 Å². The van der Waals surface area contributed by atoms with E-state index in [4.69, 9.17) is 4.42 Å². The lowest BCUT2D eigenvalue weighted by atomic mass is 9.93. The quantitative estimate of drug-likeness (QED) is 0.466. The van der Waals surface area contributed by atoms with Crippen molar-refractivity contribution >= 4 is 27.5 Å². The molecule has 2 aromatic carbocycles. The molecule has 0 spiro atoms. The number of hydrazone groups is 1. The van der Waals surface area contributed by atoms with Crippen LogP contribution in [0.3, 0.4) is 0 Å². The third-order valence-corrected chi connectivity index (χ3v) is 6.78. The Kier molecular flexibility index (Phi) is 6.70. The first-order chi connectivity index (χ1) is 16.7. The number of furan rings is 1. The van der Waals surface area contributed by atoms with Crippen LogP contribution in [0.1, 0.15) is 56.2 Å². The van der Waals surface area contributed by atoms with Crippen molar-refractivity contribution in [2.75, 3.05) is 0 Å². The standard InChI is InChI=1S/C24H23FN4O5S/c1-14-6-8-16(9-7-14)23(30)27-28-24(31)22-15(2)21-19(4-3-5-20(21)34-22)26-29-35(32,33)18-12-10-17(25)11-13-18/h6-13,29H,3-5H2,1-2H3,(H,27,30)(H,28,31)/b26-19+. The predicted molar refractivity (Wildman–Crippen MR) is 126 cm³/mol.